The minimum Gasteiger partial charge on any atom is -0.507 e. The van der Waals surface area contributed by atoms with Gasteiger partial charge in [0.15, 0.2) is 17.7 Å². The van der Waals surface area contributed by atoms with Gasteiger partial charge in [-0.25, -0.2) is 4.79 Å². The number of aryl methyl sites for hydroxylation is 1. The molecule has 0 amide bonds. The van der Waals surface area contributed by atoms with E-state index in [2.05, 4.69) is 0 Å². The van der Waals surface area contributed by atoms with Gasteiger partial charge in [0.2, 0.25) is 0 Å². The van der Waals surface area contributed by atoms with Crippen molar-refractivity contribution in [1.82, 2.24) is 0 Å². The molecule has 188 valence electrons. The number of rotatable bonds is 12. The van der Waals surface area contributed by atoms with Gasteiger partial charge in [-0.3, -0.25) is 9.59 Å². The Morgan fingerprint density at radius 3 is 2.26 bits per heavy atom. The molecule has 0 radical (unpaired) electrons. The van der Waals surface area contributed by atoms with Gasteiger partial charge < -0.3 is 24.4 Å². The summed E-state index contributed by atoms with van der Waals surface area (Å²) in [5.41, 5.74) is 2.17. The molecule has 8 nitrogen and oxygen atoms in total. The van der Waals surface area contributed by atoms with Gasteiger partial charge in [0.25, 0.3) is 0 Å². The number of benzene rings is 2. The van der Waals surface area contributed by atoms with Crippen molar-refractivity contribution in [3.63, 3.8) is 0 Å². The van der Waals surface area contributed by atoms with E-state index in [9.17, 15) is 24.6 Å². The number of Topliss-reactive ketones (excluding diaryl/α,β-unsaturated/α-hetero) is 2. The fraction of sp³-hybridized carbons (Fsp3) is 0.444. The Morgan fingerprint density at radius 2 is 1.66 bits per heavy atom. The van der Waals surface area contributed by atoms with E-state index >= 15 is 0 Å². The first kappa shape index (κ1) is 26.1. The third kappa shape index (κ3) is 6.32. The topological polar surface area (TPSA) is 119 Å². The molecule has 1 heterocycles. The van der Waals surface area contributed by atoms with E-state index in [-0.39, 0.29) is 17.3 Å². The second kappa shape index (κ2) is 11.7. The molecule has 0 saturated carbocycles. The molecule has 0 spiro atoms. The molecule has 8 heteroatoms. The van der Waals surface area contributed by atoms with Crippen molar-refractivity contribution in [2.75, 3.05) is 13.2 Å². The minimum atomic E-state index is -1.01. The number of carbonyl (C=O) groups is 3. The van der Waals surface area contributed by atoms with E-state index in [1.165, 1.54) is 13.8 Å². The number of ketones is 2. The average Bonchev–Trinajstić information content (AvgIpc) is 2.81. The van der Waals surface area contributed by atoms with Crippen molar-refractivity contribution in [3.05, 3.63) is 46.5 Å². The van der Waals surface area contributed by atoms with Crippen LogP contribution < -0.4 is 14.2 Å². The summed E-state index contributed by atoms with van der Waals surface area (Å²) in [6.45, 7) is 5.60. The Balaban J connectivity index is 1.57. The highest BCUT2D eigenvalue weighted by Crippen LogP contribution is 2.35. The summed E-state index contributed by atoms with van der Waals surface area (Å²) in [7, 11) is 0. The maximum absolute atomic E-state index is 12.1. The molecule has 35 heavy (non-hydrogen) atoms. The van der Waals surface area contributed by atoms with Crippen LogP contribution in [-0.2, 0) is 17.6 Å². The summed E-state index contributed by atoms with van der Waals surface area (Å²) < 4.78 is 17.3. The number of phenols is 1. The Hall–Kier alpha value is -3.55. The molecule has 1 unspecified atom stereocenters. The van der Waals surface area contributed by atoms with Crippen LogP contribution in [0.5, 0.6) is 23.0 Å². The molecular formula is C27H32O8. The van der Waals surface area contributed by atoms with E-state index < -0.39 is 12.1 Å². The van der Waals surface area contributed by atoms with Gasteiger partial charge >= 0.3 is 5.97 Å². The monoisotopic (exact) mass is 484 g/mol. The molecule has 0 bridgehead atoms. The molecule has 2 aromatic rings. The number of carboxylic acid groups (broad SMARTS) is 1. The summed E-state index contributed by atoms with van der Waals surface area (Å²) in [6.07, 6.45) is 2.68. The van der Waals surface area contributed by atoms with Crippen LogP contribution in [0.25, 0.3) is 0 Å². The number of fused-ring (bicyclic) bond motifs is 1. The van der Waals surface area contributed by atoms with Crippen LogP contribution >= 0.6 is 0 Å². The predicted octanol–water partition coefficient (Wildman–Crippen LogP) is 4.77. The van der Waals surface area contributed by atoms with Crippen LogP contribution in [0.15, 0.2) is 24.3 Å². The highest BCUT2D eigenvalue weighted by Gasteiger charge is 2.27. The molecule has 0 aromatic heterocycles. The molecule has 0 fully saturated rings. The zero-order valence-electron chi connectivity index (χ0n) is 20.4. The summed E-state index contributed by atoms with van der Waals surface area (Å²) >= 11 is 0. The van der Waals surface area contributed by atoms with Crippen LogP contribution in [0, 0.1) is 0 Å². The van der Waals surface area contributed by atoms with E-state index in [0.29, 0.717) is 79.3 Å². The fourth-order valence-corrected chi connectivity index (χ4v) is 4.08. The predicted molar refractivity (Wildman–Crippen MR) is 129 cm³/mol. The molecular weight excluding hydrogens is 452 g/mol. The van der Waals surface area contributed by atoms with Crippen LogP contribution in [0.3, 0.4) is 0 Å². The van der Waals surface area contributed by atoms with Crippen molar-refractivity contribution < 1.29 is 38.8 Å². The smallest absolute Gasteiger partial charge is 0.344 e. The Kier molecular flexibility index (Phi) is 8.73. The molecule has 0 saturated heterocycles. The number of phenolic OH excluding ortho intramolecular Hbond substituents is 1. The minimum absolute atomic E-state index is 0.0169. The van der Waals surface area contributed by atoms with Crippen LogP contribution in [0.4, 0.5) is 0 Å². The highest BCUT2D eigenvalue weighted by molar-refractivity contribution is 5.98. The third-order valence-electron chi connectivity index (χ3n) is 5.94. The van der Waals surface area contributed by atoms with Gasteiger partial charge in [0.1, 0.15) is 23.0 Å². The maximum atomic E-state index is 12.1. The van der Waals surface area contributed by atoms with Gasteiger partial charge in [0, 0.05) is 11.6 Å². The average molecular weight is 485 g/mol. The number of aliphatic carboxylic acids is 1. The normalized spacial score (nSPS) is 14.5. The number of hydrogen-bond acceptors (Lipinski definition) is 7. The highest BCUT2D eigenvalue weighted by atomic mass is 16.5. The molecule has 1 atom stereocenters. The third-order valence-corrected chi connectivity index (χ3v) is 5.94. The molecule has 1 aliphatic rings. The van der Waals surface area contributed by atoms with Gasteiger partial charge in [-0.1, -0.05) is 13.3 Å². The first-order valence-corrected chi connectivity index (χ1v) is 11.9. The Labute approximate surface area is 204 Å². The lowest BCUT2D eigenvalue weighted by Crippen LogP contribution is -2.31. The summed E-state index contributed by atoms with van der Waals surface area (Å²) in [6, 6.07) is 6.62. The number of carbonyl (C=O) groups excluding carboxylic acids is 2. The number of ether oxygens (including phenoxy) is 3. The lowest BCUT2D eigenvalue weighted by molar-refractivity contribution is -0.145. The number of hydrogen-bond donors (Lipinski definition) is 2. The van der Waals surface area contributed by atoms with Gasteiger partial charge in [0.05, 0.1) is 24.3 Å². The van der Waals surface area contributed by atoms with Crippen LogP contribution in [0.1, 0.15) is 78.3 Å². The number of unbranched alkanes of at least 4 members (excludes halogenated alkanes) is 1. The number of aromatic hydroxyl groups is 1. The first-order valence-electron chi connectivity index (χ1n) is 11.9. The molecule has 1 aliphatic heterocycles. The Bertz CT molecular complexity index is 1100. The summed E-state index contributed by atoms with van der Waals surface area (Å²) in [5, 5.41) is 19.7. The van der Waals surface area contributed by atoms with Crippen LogP contribution in [-0.4, -0.2) is 47.1 Å². The van der Waals surface area contributed by atoms with Gasteiger partial charge in [-0.2, -0.15) is 0 Å². The second-order valence-corrected chi connectivity index (χ2v) is 8.64. The van der Waals surface area contributed by atoms with E-state index in [1.807, 2.05) is 6.92 Å². The molecule has 2 aromatic carbocycles. The van der Waals surface area contributed by atoms with Gasteiger partial charge in [-0.15, -0.1) is 0 Å². The fourth-order valence-electron chi connectivity index (χ4n) is 4.08. The van der Waals surface area contributed by atoms with Crippen molar-refractivity contribution in [2.24, 2.45) is 0 Å². The molecule has 2 N–H and O–H groups in total. The molecule has 3 rings (SSSR count). The summed E-state index contributed by atoms with van der Waals surface area (Å²) in [4.78, 5) is 35.1. The van der Waals surface area contributed by atoms with Crippen LogP contribution in [0.2, 0.25) is 0 Å². The van der Waals surface area contributed by atoms with Crippen molar-refractivity contribution >= 4 is 17.5 Å². The summed E-state index contributed by atoms with van der Waals surface area (Å²) in [5.74, 6) is 0.0107. The lowest BCUT2D eigenvalue weighted by atomic mass is 9.98. The zero-order valence-corrected chi connectivity index (χ0v) is 20.4. The zero-order chi connectivity index (χ0) is 25.5. The van der Waals surface area contributed by atoms with Crippen molar-refractivity contribution in [1.29, 1.82) is 0 Å². The van der Waals surface area contributed by atoms with E-state index in [1.54, 1.807) is 24.3 Å². The standard InChI is InChI=1S/C27H32O8/c1-4-7-20-22(11-9-19(16(2)28)26(20)30)33-12-5-6-13-34-25-15-24-18(14-21(25)17(3)29)8-10-23(35-24)27(31)32/h9,11,14-15,23,30H,4-8,10,12-13H2,1-3H3,(H,31,32). The SMILES string of the molecule is CCCc1c(OCCCCOc2cc3c(cc2C(C)=O)CCC(C(=O)O)O3)ccc(C(C)=O)c1O. The number of carboxylic acids is 1. The second-order valence-electron chi connectivity index (χ2n) is 8.64. The quantitative estimate of drug-likeness (QED) is 0.327. The van der Waals surface area contributed by atoms with Crippen molar-refractivity contribution in [3.8, 4) is 23.0 Å². The van der Waals surface area contributed by atoms with Crippen molar-refractivity contribution in [2.45, 2.75) is 65.4 Å². The van der Waals surface area contributed by atoms with E-state index in [4.69, 9.17) is 14.2 Å². The Morgan fingerprint density at radius 1 is 1.00 bits per heavy atom. The van der Waals surface area contributed by atoms with Gasteiger partial charge in [-0.05, 0) is 69.7 Å². The largest absolute Gasteiger partial charge is 0.507 e. The van der Waals surface area contributed by atoms with E-state index in [0.717, 1.165) is 12.0 Å². The molecule has 0 aliphatic carbocycles. The maximum Gasteiger partial charge on any atom is 0.344 e. The first-order chi connectivity index (χ1) is 16.7. The lowest BCUT2D eigenvalue weighted by Gasteiger charge is -2.24.